The molecule has 0 aromatic carbocycles. The average molecular weight is 524 g/mol. The quantitative estimate of drug-likeness (QED) is 0.0869. The van der Waals surface area contributed by atoms with Gasteiger partial charge in [0.1, 0.15) is 13.2 Å². The monoisotopic (exact) mass is 523 g/mol. The van der Waals surface area contributed by atoms with Crippen molar-refractivity contribution in [3.05, 3.63) is 0 Å². The van der Waals surface area contributed by atoms with Crippen LogP contribution in [0.3, 0.4) is 0 Å². The molecule has 0 spiro atoms. The number of phosphoric ester groups is 1. The van der Waals surface area contributed by atoms with Gasteiger partial charge in [-0.2, -0.15) is 0 Å². The van der Waals surface area contributed by atoms with E-state index in [1.165, 1.54) is 38.5 Å². The molecule has 210 valence electrons. The van der Waals surface area contributed by atoms with Crippen molar-refractivity contribution in [1.82, 2.24) is 5.32 Å². The number of hydrogen-bond donors (Lipinski definition) is 3. The van der Waals surface area contributed by atoms with Crippen LogP contribution < -0.4 is 5.32 Å². The number of carbonyl (C=O) groups is 1. The number of nitrogens with one attached hydrogen (secondary N) is 1. The van der Waals surface area contributed by atoms with E-state index in [-0.39, 0.29) is 19.1 Å². The second-order valence-electron chi connectivity index (χ2n) is 10.8. The van der Waals surface area contributed by atoms with Crippen LogP contribution in [-0.2, 0) is 18.4 Å². The molecule has 0 bridgehead atoms. The Morgan fingerprint density at radius 2 is 1.37 bits per heavy atom. The summed E-state index contributed by atoms with van der Waals surface area (Å²) in [6, 6.07) is -0.745. The largest absolute Gasteiger partial charge is 0.472 e. The maximum atomic E-state index is 12.4. The molecule has 0 saturated carbocycles. The Hall–Kier alpha value is -0.500. The fourth-order valence-corrected chi connectivity index (χ4v) is 4.48. The molecule has 0 aromatic heterocycles. The molecule has 0 aliphatic rings. The van der Waals surface area contributed by atoms with Gasteiger partial charge in [-0.05, 0) is 12.8 Å². The number of rotatable bonds is 24. The van der Waals surface area contributed by atoms with Crippen LogP contribution in [0.4, 0.5) is 0 Å². The van der Waals surface area contributed by atoms with Gasteiger partial charge >= 0.3 is 7.82 Å². The first kappa shape index (κ1) is 34.5. The molecule has 35 heavy (non-hydrogen) atoms. The minimum Gasteiger partial charge on any atom is -0.391 e. The van der Waals surface area contributed by atoms with E-state index in [1.54, 1.807) is 0 Å². The Morgan fingerprint density at radius 1 is 0.857 bits per heavy atom. The Morgan fingerprint density at radius 3 is 1.91 bits per heavy atom. The molecular formula is C26H56N2O6P+. The Bertz CT molecular complexity index is 571. The molecule has 0 rings (SSSR count). The molecule has 3 N–H and O–H groups in total. The van der Waals surface area contributed by atoms with E-state index < -0.39 is 20.0 Å². The van der Waals surface area contributed by atoms with Crippen LogP contribution in [0.25, 0.3) is 0 Å². The highest BCUT2D eigenvalue weighted by Crippen LogP contribution is 2.43. The lowest BCUT2D eigenvalue weighted by molar-refractivity contribution is -0.870. The van der Waals surface area contributed by atoms with Gasteiger partial charge in [-0.25, -0.2) is 4.57 Å². The molecule has 3 unspecified atom stereocenters. The van der Waals surface area contributed by atoms with Crippen molar-refractivity contribution in [2.45, 2.75) is 122 Å². The van der Waals surface area contributed by atoms with E-state index in [1.807, 2.05) is 21.1 Å². The van der Waals surface area contributed by atoms with Gasteiger partial charge in [-0.3, -0.25) is 13.8 Å². The number of phosphoric acid groups is 1. The normalized spacial score (nSPS) is 15.5. The summed E-state index contributed by atoms with van der Waals surface area (Å²) in [5.74, 6) is -0.167. The second-order valence-corrected chi connectivity index (χ2v) is 12.2. The van der Waals surface area contributed by atoms with Crippen molar-refractivity contribution in [3.8, 4) is 0 Å². The molecule has 9 heteroatoms. The third kappa shape index (κ3) is 22.4. The molecule has 1 amide bonds. The second kappa shape index (κ2) is 20.5. The zero-order valence-corrected chi connectivity index (χ0v) is 24.2. The summed E-state index contributed by atoms with van der Waals surface area (Å²) in [6.45, 7) is 4.70. The first-order valence-electron chi connectivity index (χ1n) is 13.9. The summed E-state index contributed by atoms with van der Waals surface area (Å²) < 4.78 is 23.1. The highest BCUT2D eigenvalue weighted by Gasteiger charge is 2.28. The molecule has 0 aromatic rings. The first-order chi connectivity index (χ1) is 16.5. The zero-order chi connectivity index (χ0) is 26.6. The molecule has 0 fully saturated rings. The van der Waals surface area contributed by atoms with Crippen LogP contribution in [0.15, 0.2) is 0 Å². The fraction of sp³-hybridized carbons (Fsp3) is 0.962. The lowest BCUT2D eigenvalue weighted by atomic mass is 10.0. The number of aliphatic hydroxyl groups is 1. The summed E-state index contributed by atoms with van der Waals surface area (Å²) in [5.41, 5.74) is 0. The first-order valence-corrected chi connectivity index (χ1v) is 15.4. The molecule has 0 saturated heterocycles. The number of amides is 1. The minimum absolute atomic E-state index is 0.0761. The Balaban J connectivity index is 4.58. The van der Waals surface area contributed by atoms with E-state index >= 15 is 0 Å². The van der Waals surface area contributed by atoms with Crippen molar-refractivity contribution in [1.29, 1.82) is 0 Å². The molecule has 3 atom stereocenters. The SMILES string of the molecule is CCCCCCCCCCCC(O)C(COP(=O)(O)OCC[N+](C)(C)C)NC(=O)CCCCCC. The summed E-state index contributed by atoms with van der Waals surface area (Å²) >= 11 is 0. The van der Waals surface area contributed by atoms with Gasteiger partial charge in [-0.1, -0.05) is 90.9 Å². The molecule has 0 heterocycles. The molecule has 0 radical (unpaired) electrons. The van der Waals surface area contributed by atoms with Crippen molar-refractivity contribution >= 4 is 13.7 Å². The number of nitrogens with zero attached hydrogens (tertiary/aromatic N) is 1. The maximum Gasteiger partial charge on any atom is 0.472 e. The summed E-state index contributed by atoms with van der Waals surface area (Å²) in [7, 11) is 1.61. The van der Waals surface area contributed by atoms with Crippen molar-refractivity contribution in [2.75, 3.05) is 40.9 Å². The number of hydrogen-bond acceptors (Lipinski definition) is 5. The molecular weight excluding hydrogens is 467 g/mol. The fourth-order valence-electron chi connectivity index (χ4n) is 3.75. The van der Waals surface area contributed by atoms with Gasteiger partial charge in [-0.15, -0.1) is 0 Å². The van der Waals surface area contributed by atoms with Crippen molar-refractivity contribution < 1.29 is 32.9 Å². The van der Waals surface area contributed by atoms with Crippen LogP contribution in [0, 0.1) is 0 Å². The van der Waals surface area contributed by atoms with E-state index in [2.05, 4.69) is 19.2 Å². The third-order valence-corrected chi connectivity index (χ3v) is 7.09. The summed E-state index contributed by atoms with van der Waals surface area (Å²) in [4.78, 5) is 22.4. The van der Waals surface area contributed by atoms with Gasteiger partial charge in [0.05, 0.1) is 39.9 Å². The van der Waals surface area contributed by atoms with Gasteiger partial charge in [0.25, 0.3) is 0 Å². The van der Waals surface area contributed by atoms with Gasteiger partial charge in [0.15, 0.2) is 0 Å². The third-order valence-electron chi connectivity index (χ3n) is 6.11. The van der Waals surface area contributed by atoms with Gasteiger partial charge in [0, 0.05) is 6.42 Å². The summed E-state index contributed by atoms with van der Waals surface area (Å²) in [5, 5.41) is 13.6. The van der Waals surface area contributed by atoms with Crippen LogP contribution >= 0.6 is 7.82 Å². The van der Waals surface area contributed by atoms with E-state index in [0.717, 1.165) is 44.9 Å². The van der Waals surface area contributed by atoms with Crippen LogP contribution in [0.1, 0.15) is 110 Å². The predicted molar refractivity (Wildman–Crippen MR) is 143 cm³/mol. The topological polar surface area (TPSA) is 105 Å². The summed E-state index contributed by atoms with van der Waals surface area (Å²) in [6.07, 6.45) is 14.6. The van der Waals surface area contributed by atoms with Crippen LogP contribution in [0.5, 0.6) is 0 Å². The molecule has 0 aliphatic carbocycles. The minimum atomic E-state index is -4.27. The van der Waals surface area contributed by atoms with Gasteiger partial charge in [0.2, 0.25) is 5.91 Å². The van der Waals surface area contributed by atoms with Crippen LogP contribution in [0.2, 0.25) is 0 Å². The Kier molecular flexibility index (Phi) is 20.3. The highest BCUT2D eigenvalue weighted by molar-refractivity contribution is 7.47. The Labute approximate surface area is 215 Å². The lowest BCUT2D eigenvalue weighted by Gasteiger charge is -2.26. The average Bonchev–Trinajstić information content (AvgIpc) is 2.77. The molecule has 0 aliphatic heterocycles. The zero-order valence-electron chi connectivity index (χ0n) is 23.3. The van der Waals surface area contributed by atoms with Crippen molar-refractivity contribution in [3.63, 3.8) is 0 Å². The number of carbonyl (C=O) groups excluding carboxylic acids is 1. The van der Waals surface area contributed by atoms with Crippen molar-refractivity contribution in [2.24, 2.45) is 0 Å². The van der Waals surface area contributed by atoms with E-state index in [0.29, 0.717) is 23.9 Å². The van der Waals surface area contributed by atoms with Crippen LogP contribution in [-0.4, -0.2) is 73.4 Å². The standard InChI is InChI=1S/C26H55N2O6P/c1-6-8-10-12-13-14-15-16-17-19-25(29)24(27-26(30)20-18-11-9-7-2)23-34-35(31,32)33-22-21-28(3,4)5/h24-25,29H,6-23H2,1-5H3,(H-,27,30,31,32)/p+1. The van der Waals surface area contributed by atoms with Gasteiger partial charge < -0.3 is 19.8 Å². The van der Waals surface area contributed by atoms with E-state index in [4.69, 9.17) is 9.05 Å². The number of aliphatic hydroxyl groups excluding tert-OH is 1. The van der Waals surface area contributed by atoms with E-state index in [9.17, 15) is 19.4 Å². The predicted octanol–water partition coefficient (Wildman–Crippen LogP) is 5.56. The number of unbranched alkanes of at least 4 members (excludes halogenated alkanes) is 11. The lowest BCUT2D eigenvalue weighted by Crippen LogP contribution is -2.46. The number of likely N-dealkylation sites (N-methyl/N-ethyl adjacent to an activating group) is 1. The number of quaternary nitrogens is 1. The maximum absolute atomic E-state index is 12.4. The highest BCUT2D eigenvalue weighted by atomic mass is 31.2. The molecule has 8 nitrogen and oxygen atoms in total. The smallest absolute Gasteiger partial charge is 0.391 e.